The number of likely N-dealkylation sites (N-methyl/N-ethyl adjacent to an activating group) is 1. The number of nitrogens with zero attached hydrogens (tertiary/aromatic N) is 1. The van der Waals surface area contributed by atoms with Crippen molar-refractivity contribution in [2.45, 2.75) is 6.04 Å². The van der Waals surface area contributed by atoms with Crippen LogP contribution in [0.2, 0.25) is 0 Å². The molecule has 0 spiro atoms. The summed E-state index contributed by atoms with van der Waals surface area (Å²) in [5.74, 6) is 0.593. The molecule has 1 N–H and O–H groups in total. The predicted molar refractivity (Wildman–Crippen MR) is 85.7 cm³/mol. The highest BCUT2D eigenvalue weighted by atomic mass is 32.1. The number of ether oxygens (including phenoxy) is 1. The molecular formula is C16H20N2O2S. The van der Waals surface area contributed by atoms with E-state index in [1.165, 1.54) is 5.56 Å². The Hall–Kier alpha value is -1.85. The van der Waals surface area contributed by atoms with Crippen LogP contribution in [0, 0.1) is 0 Å². The molecule has 0 bridgehead atoms. The lowest BCUT2D eigenvalue weighted by molar-refractivity contribution is -0.123. The second kappa shape index (κ2) is 7.81. The van der Waals surface area contributed by atoms with E-state index in [2.05, 4.69) is 21.7 Å². The second-order valence-corrected chi connectivity index (χ2v) is 5.72. The van der Waals surface area contributed by atoms with Crippen LogP contribution in [0.5, 0.6) is 5.75 Å². The van der Waals surface area contributed by atoms with Crippen molar-refractivity contribution in [1.29, 1.82) is 0 Å². The van der Waals surface area contributed by atoms with Crippen molar-refractivity contribution in [2.75, 3.05) is 27.2 Å². The highest BCUT2D eigenvalue weighted by Gasteiger charge is 2.15. The normalized spacial score (nSPS) is 12.1. The Morgan fingerprint density at radius 2 is 2.05 bits per heavy atom. The van der Waals surface area contributed by atoms with Gasteiger partial charge in [-0.2, -0.15) is 11.3 Å². The third kappa shape index (κ3) is 4.88. The Kier molecular flexibility index (Phi) is 5.78. The van der Waals surface area contributed by atoms with Crippen LogP contribution in [-0.2, 0) is 4.79 Å². The van der Waals surface area contributed by atoms with Gasteiger partial charge in [0.25, 0.3) is 5.91 Å². The van der Waals surface area contributed by atoms with Crippen molar-refractivity contribution in [3.63, 3.8) is 0 Å². The minimum atomic E-state index is -0.110. The Bertz CT molecular complexity index is 541. The third-order valence-corrected chi connectivity index (χ3v) is 3.86. The van der Waals surface area contributed by atoms with Crippen LogP contribution in [0.25, 0.3) is 0 Å². The first-order valence-electron chi connectivity index (χ1n) is 6.80. The Labute approximate surface area is 129 Å². The van der Waals surface area contributed by atoms with E-state index in [0.717, 1.165) is 0 Å². The molecule has 0 aliphatic heterocycles. The van der Waals surface area contributed by atoms with E-state index in [0.29, 0.717) is 12.3 Å². The second-order valence-electron chi connectivity index (χ2n) is 4.94. The maximum Gasteiger partial charge on any atom is 0.258 e. The average molecular weight is 304 g/mol. The molecule has 1 amide bonds. The molecule has 0 radical (unpaired) electrons. The maximum atomic E-state index is 11.9. The van der Waals surface area contributed by atoms with Crippen LogP contribution in [0.3, 0.4) is 0 Å². The van der Waals surface area contributed by atoms with E-state index in [-0.39, 0.29) is 18.6 Å². The Balaban J connectivity index is 1.80. The lowest BCUT2D eigenvalue weighted by Crippen LogP contribution is -2.36. The number of nitrogens with one attached hydrogen (secondary N) is 1. The van der Waals surface area contributed by atoms with Crippen molar-refractivity contribution in [1.82, 2.24) is 10.2 Å². The molecule has 5 heteroatoms. The first-order chi connectivity index (χ1) is 10.2. The Morgan fingerprint density at radius 3 is 2.67 bits per heavy atom. The van der Waals surface area contributed by atoms with Crippen LogP contribution in [0.1, 0.15) is 11.6 Å². The van der Waals surface area contributed by atoms with Gasteiger partial charge in [0.1, 0.15) is 5.75 Å². The number of hydrogen-bond acceptors (Lipinski definition) is 4. The molecule has 4 nitrogen and oxygen atoms in total. The van der Waals surface area contributed by atoms with Gasteiger partial charge in [0.2, 0.25) is 0 Å². The molecule has 2 rings (SSSR count). The number of amides is 1. The fourth-order valence-corrected chi connectivity index (χ4v) is 2.70. The zero-order valence-electron chi connectivity index (χ0n) is 12.3. The molecular weight excluding hydrogens is 284 g/mol. The van der Waals surface area contributed by atoms with Crippen LogP contribution < -0.4 is 10.1 Å². The SMILES string of the molecule is CN(C)C(CNC(=O)COc1ccccc1)c1ccsc1. The topological polar surface area (TPSA) is 41.6 Å². The fourth-order valence-electron chi connectivity index (χ4n) is 1.99. The molecule has 1 atom stereocenters. The van der Waals surface area contributed by atoms with E-state index >= 15 is 0 Å². The van der Waals surface area contributed by atoms with Gasteiger partial charge >= 0.3 is 0 Å². The maximum absolute atomic E-state index is 11.9. The standard InChI is InChI=1S/C16H20N2O2S/c1-18(2)15(13-8-9-21-12-13)10-17-16(19)11-20-14-6-4-3-5-7-14/h3-9,12,15H,10-11H2,1-2H3,(H,17,19). The van der Waals surface area contributed by atoms with Crippen LogP contribution in [-0.4, -0.2) is 38.1 Å². The van der Waals surface area contributed by atoms with E-state index in [9.17, 15) is 4.79 Å². The average Bonchev–Trinajstić information content (AvgIpc) is 3.00. The third-order valence-electron chi connectivity index (χ3n) is 3.16. The van der Waals surface area contributed by atoms with Gasteiger partial charge in [-0.05, 0) is 48.6 Å². The molecule has 1 unspecified atom stereocenters. The summed E-state index contributed by atoms with van der Waals surface area (Å²) in [4.78, 5) is 14.0. The molecule has 0 saturated heterocycles. The van der Waals surface area contributed by atoms with Gasteiger partial charge in [-0.3, -0.25) is 4.79 Å². The quantitative estimate of drug-likeness (QED) is 0.855. The summed E-state index contributed by atoms with van der Waals surface area (Å²) in [7, 11) is 4.02. The smallest absolute Gasteiger partial charge is 0.258 e. The number of para-hydroxylation sites is 1. The van der Waals surface area contributed by atoms with Crippen molar-refractivity contribution in [2.24, 2.45) is 0 Å². The summed E-state index contributed by atoms with van der Waals surface area (Å²) in [6.07, 6.45) is 0. The highest BCUT2D eigenvalue weighted by molar-refractivity contribution is 7.07. The van der Waals surface area contributed by atoms with E-state index in [4.69, 9.17) is 4.74 Å². The molecule has 1 aromatic carbocycles. The largest absolute Gasteiger partial charge is 0.484 e. The van der Waals surface area contributed by atoms with Gasteiger partial charge in [0.05, 0.1) is 6.04 Å². The molecule has 21 heavy (non-hydrogen) atoms. The molecule has 0 fully saturated rings. The number of benzene rings is 1. The lowest BCUT2D eigenvalue weighted by atomic mass is 10.1. The zero-order chi connectivity index (χ0) is 15.1. The van der Waals surface area contributed by atoms with E-state index < -0.39 is 0 Å². The molecule has 112 valence electrons. The molecule has 0 aliphatic rings. The number of carbonyl (C=O) groups excluding carboxylic acids is 1. The van der Waals surface area contributed by atoms with Gasteiger partial charge in [-0.15, -0.1) is 0 Å². The van der Waals surface area contributed by atoms with Gasteiger partial charge in [-0.25, -0.2) is 0 Å². The summed E-state index contributed by atoms with van der Waals surface area (Å²) in [6.45, 7) is 0.606. The summed E-state index contributed by atoms with van der Waals surface area (Å²) < 4.78 is 5.43. The summed E-state index contributed by atoms with van der Waals surface area (Å²) in [5.41, 5.74) is 1.22. The van der Waals surface area contributed by atoms with Crippen molar-refractivity contribution < 1.29 is 9.53 Å². The minimum absolute atomic E-state index is 0.0355. The molecule has 0 saturated carbocycles. The number of thiophene rings is 1. The van der Waals surface area contributed by atoms with Crippen LogP contribution >= 0.6 is 11.3 Å². The monoisotopic (exact) mass is 304 g/mol. The predicted octanol–water partition coefficient (Wildman–Crippen LogP) is 2.55. The molecule has 1 aromatic heterocycles. The first-order valence-corrected chi connectivity index (χ1v) is 7.74. The molecule has 0 aliphatic carbocycles. The van der Waals surface area contributed by atoms with E-state index in [1.807, 2.05) is 49.8 Å². The van der Waals surface area contributed by atoms with Crippen LogP contribution in [0.15, 0.2) is 47.2 Å². The molecule has 1 heterocycles. The number of rotatable bonds is 7. The summed E-state index contributed by atoms with van der Waals surface area (Å²) in [6, 6.07) is 11.6. The van der Waals surface area contributed by atoms with Gasteiger partial charge in [0.15, 0.2) is 6.61 Å². The number of hydrogen-bond donors (Lipinski definition) is 1. The van der Waals surface area contributed by atoms with Gasteiger partial charge < -0.3 is 15.0 Å². The van der Waals surface area contributed by atoms with Crippen molar-refractivity contribution >= 4 is 17.2 Å². The molecule has 2 aromatic rings. The minimum Gasteiger partial charge on any atom is -0.484 e. The zero-order valence-corrected chi connectivity index (χ0v) is 13.1. The lowest BCUT2D eigenvalue weighted by Gasteiger charge is -2.24. The van der Waals surface area contributed by atoms with Gasteiger partial charge in [-0.1, -0.05) is 18.2 Å². The fraction of sp³-hybridized carbons (Fsp3) is 0.312. The van der Waals surface area contributed by atoms with Crippen LogP contribution in [0.4, 0.5) is 0 Å². The van der Waals surface area contributed by atoms with Gasteiger partial charge in [0, 0.05) is 6.54 Å². The van der Waals surface area contributed by atoms with E-state index in [1.54, 1.807) is 11.3 Å². The first kappa shape index (κ1) is 15.5. The number of carbonyl (C=O) groups is 1. The Morgan fingerprint density at radius 1 is 1.29 bits per heavy atom. The van der Waals surface area contributed by atoms with Crippen molar-refractivity contribution in [3.8, 4) is 5.75 Å². The summed E-state index contributed by atoms with van der Waals surface area (Å²) in [5, 5.41) is 7.08. The highest BCUT2D eigenvalue weighted by Crippen LogP contribution is 2.19. The summed E-state index contributed by atoms with van der Waals surface area (Å²) >= 11 is 1.66. The van der Waals surface area contributed by atoms with Crippen molar-refractivity contribution in [3.05, 3.63) is 52.7 Å².